The number of aromatic nitrogens is 3. The fraction of sp³-hybridized carbons (Fsp3) is 0.350. The molecule has 28 heavy (non-hydrogen) atoms. The fourth-order valence-corrected chi connectivity index (χ4v) is 3.92. The second-order valence-electron chi connectivity index (χ2n) is 6.59. The number of nitrogens with zero attached hydrogens (tertiary/aromatic N) is 3. The smallest absolute Gasteiger partial charge is 0.277 e. The van der Waals surface area contributed by atoms with Crippen LogP contribution in [-0.4, -0.2) is 33.1 Å². The third kappa shape index (κ3) is 3.52. The van der Waals surface area contributed by atoms with Gasteiger partial charge in [-0.05, 0) is 44.5 Å². The zero-order valence-electron chi connectivity index (χ0n) is 16.0. The Hall–Kier alpha value is -2.74. The summed E-state index contributed by atoms with van der Waals surface area (Å²) in [7, 11) is 0. The van der Waals surface area contributed by atoms with E-state index in [0.717, 1.165) is 35.5 Å². The summed E-state index contributed by atoms with van der Waals surface area (Å²) in [5.74, 6) is 2.04. The number of hydrogen-bond donors (Lipinski definition) is 0. The van der Waals surface area contributed by atoms with Crippen LogP contribution in [0.3, 0.4) is 0 Å². The van der Waals surface area contributed by atoms with Gasteiger partial charge in [-0.25, -0.2) is 0 Å². The highest BCUT2D eigenvalue weighted by Crippen LogP contribution is 2.36. The van der Waals surface area contributed by atoms with E-state index in [2.05, 4.69) is 21.7 Å². The van der Waals surface area contributed by atoms with E-state index in [9.17, 15) is 4.79 Å². The van der Waals surface area contributed by atoms with Gasteiger partial charge in [0.15, 0.2) is 17.3 Å². The molecule has 2 aromatic heterocycles. The summed E-state index contributed by atoms with van der Waals surface area (Å²) in [6, 6.07) is 7.41. The van der Waals surface area contributed by atoms with E-state index in [-0.39, 0.29) is 18.3 Å². The van der Waals surface area contributed by atoms with Gasteiger partial charge in [-0.15, -0.1) is 10.2 Å². The molecule has 0 spiro atoms. The highest BCUT2D eigenvalue weighted by Gasteiger charge is 2.19. The molecule has 3 heterocycles. The molecule has 0 saturated carbocycles. The Morgan fingerprint density at radius 1 is 1.18 bits per heavy atom. The number of carbonyl (C=O) groups is 1. The minimum atomic E-state index is 0.0586. The Morgan fingerprint density at radius 2 is 2.00 bits per heavy atom. The molecule has 0 radical (unpaired) electrons. The first-order valence-electron chi connectivity index (χ1n) is 9.13. The van der Waals surface area contributed by atoms with Crippen molar-refractivity contribution in [2.45, 2.75) is 39.0 Å². The largest absolute Gasteiger partial charge is 0.454 e. The Kier molecular flexibility index (Phi) is 5.13. The molecule has 7 nitrogen and oxygen atoms in total. The molecular weight excluding hydrogens is 378 g/mol. The Morgan fingerprint density at radius 3 is 2.82 bits per heavy atom. The van der Waals surface area contributed by atoms with Gasteiger partial charge in [0.25, 0.3) is 5.22 Å². The molecule has 0 fully saturated rings. The van der Waals surface area contributed by atoms with Crippen LogP contribution in [0.1, 0.15) is 35.1 Å². The summed E-state index contributed by atoms with van der Waals surface area (Å²) in [6.45, 7) is 7.28. The number of thioether (sulfide) groups is 1. The number of carbonyl (C=O) groups excluding carboxylic acids is 1. The minimum Gasteiger partial charge on any atom is -0.454 e. The number of fused-ring (bicyclic) bond motifs is 1. The van der Waals surface area contributed by atoms with Crippen LogP contribution in [0.15, 0.2) is 33.9 Å². The van der Waals surface area contributed by atoms with E-state index in [1.54, 1.807) is 6.07 Å². The lowest BCUT2D eigenvalue weighted by Crippen LogP contribution is -2.06. The molecule has 3 aromatic rings. The maximum Gasteiger partial charge on any atom is 0.277 e. The molecule has 0 aliphatic carbocycles. The third-order valence-electron chi connectivity index (χ3n) is 4.67. The molecule has 0 saturated heterocycles. The average molecular weight is 399 g/mol. The summed E-state index contributed by atoms with van der Waals surface area (Å²) in [6.07, 6.45) is 1.03. The van der Waals surface area contributed by atoms with Crippen molar-refractivity contribution in [3.63, 3.8) is 0 Å². The van der Waals surface area contributed by atoms with Gasteiger partial charge >= 0.3 is 0 Å². The molecule has 1 aliphatic rings. The van der Waals surface area contributed by atoms with Crippen LogP contribution in [0.25, 0.3) is 11.5 Å². The van der Waals surface area contributed by atoms with Crippen LogP contribution in [-0.2, 0) is 6.54 Å². The molecule has 0 amide bonds. The molecule has 146 valence electrons. The van der Waals surface area contributed by atoms with Crippen molar-refractivity contribution in [1.29, 1.82) is 0 Å². The second kappa shape index (κ2) is 7.71. The zero-order valence-corrected chi connectivity index (χ0v) is 16.8. The average Bonchev–Trinajstić information content (AvgIpc) is 3.41. The molecule has 1 aliphatic heterocycles. The standard InChI is InChI=1S/C20H21N3O4S/c1-4-7-23-12(2)8-15(13(23)3)16(24)10-28-20-22-21-19(27-20)14-5-6-17-18(9-14)26-11-25-17/h5-6,8-9H,4,7,10-11H2,1-3H3. The first-order valence-corrected chi connectivity index (χ1v) is 10.1. The Bertz CT molecular complexity index is 1020. The number of aryl methyl sites for hydroxylation is 1. The van der Waals surface area contributed by atoms with Crippen molar-refractivity contribution < 1.29 is 18.7 Å². The predicted octanol–water partition coefficient (Wildman–Crippen LogP) is 4.27. The van der Waals surface area contributed by atoms with Crippen molar-refractivity contribution in [3.05, 3.63) is 41.2 Å². The SMILES string of the molecule is CCCn1c(C)cc(C(=O)CSc2nnc(-c3ccc4c(c3)OCO4)o2)c1C. The van der Waals surface area contributed by atoms with E-state index in [0.29, 0.717) is 22.6 Å². The van der Waals surface area contributed by atoms with Gasteiger partial charge in [-0.2, -0.15) is 0 Å². The minimum absolute atomic E-state index is 0.0586. The third-order valence-corrected chi connectivity index (χ3v) is 5.49. The number of ether oxygens (including phenoxy) is 2. The maximum absolute atomic E-state index is 12.7. The number of hydrogen-bond acceptors (Lipinski definition) is 7. The molecule has 4 rings (SSSR count). The van der Waals surface area contributed by atoms with Gasteiger partial charge in [0.05, 0.1) is 5.75 Å². The van der Waals surface area contributed by atoms with E-state index in [1.165, 1.54) is 11.8 Å². The highest BCUT2D eigenvalue weighted by atomic mass is 32.2. The van der Waals surface area contributed by atoms with Crippen LogP contribution in [0.5, 0.6) is 11.5 Å². The number of Topliss-reactive ketones (excluding diaryl/α,β-unsaturated/α-hetero) is 1. The first-order chi connectivity index (χ1) is 13.6. The summed E-state index contributed by atoms with van der Waals surface area (Å²) in [5.41, 5.74) is 3.62. The topological polar surface area (TPSA) is 79.4 Å². The normalized spacial score (nSPS) is 12.5. The summed E-state index contributed by atoms with van der Waals surface area (Å²) >= 11 is 1.25. The highest BCUT2D eigenvalue weighted by molar-refractivity contribution is 7.99. The summed E-state index contributed by atoms with van der Waals surface area (Å²) in [5, 5.41) is 8.48. The van der Waals surface area contributed by atoms with Crippen molar-refractivity contribution in [2.24, 2.45) is 0 Å². The van der Waals surface area contributed by atoms with Crippen LogP contribution in [0, 0.1) is 13.8 Å². The lowest BCUT2D eigenvalue weighted by atomic mass is 10.2. The molecule has 0 bridgehead atoms. The molecule has 0 N–H and O–H groups in total. The molecule has 0 atom stereocenters. The monoisotopic (exact) mass is 399 g/mol. The summed E-state index contributed by atoms with van der Waals surface area (Å²) < 4.78 is 18.6. The van der Waals surface area contributed by atoms with Gasteiger partial charge in [0.1, 0.15) is 0 Å². The van der Waals surface area contributed by atoms with Crippen LogP contribution in [0.4, 0.5) is 0 Å². The van der Waals surface area contributed by atoms with E-state index in [4.69, 9.17) is 13.9 Å². The number of ketones is 1. The molecule has 1 aromatic carbocycles. The van der Waals surface area contributed by atoms with Gasteiger partial charge in [0, 0.05) is 29.1 Å². The zero-order chi connectivity index (χ0) is 19.7. The van der Waals surface area contributed by atoms with Crippen molar-refractivity contribution >= 4 is 17.5 Å². The Balaban J connectivity index is 1.43. The van der Waals surface area contributed by atoms with Gasteiger partial charge in [0.2, 0.25) is 12.7 Å². The van der Waals surface area contributed by atoms with E-state index < -0.39 is 0 Å². The van der Waals surface area contributed by atoms with Crippen LogP contribution >= 0.6 is 11.8 Å². The fourth-order valence-electron chi connectivity index (χ4n) is 3.27. The lowest BCUT2D eigenvalue weighted by Gasteiger charge is -2.07. The van der Waals surface area contributed by atoms with Crippen LogP contribution in [0.2, 0.25) is 0 Å². The van der Waals surface area contributed by atoms with Gasteiger partial charge < -0.3 is 18.5 Å². The van der Waals surface area contributed by atoms with Crippen molar-refractivity contribution in [1.82, 2.24) is 14.8 Å². The van der Waals surface area contributed by atoms with E-state index in [1.807, 2.05) is 32.0 Å². The van der Waals surface area contributed by atoms with Crippen molar-refractivity contribution in [3.8, 4) is 23.0 Å². The molecule has 8 heteroatoms. The van der Waals surface area contributed by atoms with E-state index >= 15 is 0 Å². The van der Waals surface area contributed by atoms with Gasteiger partial charge in [-0.3, -0.25) is 4.79 Å². The number of benzene rings is 1. The quantitative estimate of drug-likeness (QED) is 0.434. The Labute approximate surface area is 167 Å². The molecular formula is C20H21N3O4S. The van der Waals surface area contributed by atoms with Crippen molar-refractivity contribution in [2.75, 3.05) is 12.5 Å². The van der Waals surface area contributed by atoms with Crippen LogP contribution < -0.4 is 9.47 Å². The number of rotatable bonds is 7. The first kappa shape index (κ1) is 18.6. The maximum atomic E-state index is 12.7. The second-order valence-corrected chi connectivity index (χ2v) is 7.52. The lowest BCUT2D eigenvalue weighted by molar-refractivity contribution is 0.102. The predicted molar refractivity (Wildman–Crippen MR) is 105 cm³/mol. The summed E-state index contributed by atoms with van der Waals surface area (Å²) in [4.78, 5) is 12.7. The molecule has 0 unspecified atom stereocenters. The van der Waals surface area contributed by atoms with Gasteiger partial charge in [-0.1, -0.05) is 18.7 Å².